The number of benzene rings is 1. The second-order valence-corrected chi connectivity index (χ2v) is 7.34. The van der Waals surface area contributed by atoms with E-state index in [1.807, 2.05) is 0 Å². The van der Waals surface area contributed by atoms with Gasteiger partial charge in [0.1, 0.15) is 9.90 Å². The Balaban J connectivity index is 2.34. The normalized spacial score (nSPS) is 11.5. The van der Waals surface area contributed by atoms with E-state index < -0.39 is 10.0 Å². The molecule has 1 heterocycles. The molecule has 6 nitrogen and oxygen atoms in total. The summed E-state index contributed by atoms with van der Waals surface area (Å²) in [6, 6.07) is 4.52. The molecule has 0 radical (unpaired) electrons. The molecule has 102 valence electrons. The number of sulfonamides is 1. The smallest absolute Gasteiger partial charge is 0.264 e. The topological polar surface area (TPSA) is 92.2 Å². The van der Waals surface area contributed by atoms with Gasteiger partial charge in [0.25, 0.3) is 10.0 Å². The molecule has 1 aromatic carbocycles. The molecule has 0 spiro atoms. The molecule has 0 saturated carbocycles. The molecule has 0 aliphatic carbocycles. The Morgan fingerprint density at radius 1 is 1.42 bits per heavy atom. The number of anilines is 1. The minimum absolute atomic E-state index is 0.0811. The van der Waals surface area contributed by atoms with Crippen molar-refractivity contribution in [1.82, 2.24) is 10.2 Å². The van der Waals surface area contributed by atoms with Crippen molar-refractivity contribution >= 4 is 42.4 Å². The zero-order valence-electron chi connectivity index (χ0n) is 9.79. The number of hydrogen-bond donors (Lipinski definition) is 2. The Kier molecular flexibility index (Phi) is 4.19. The summed E-state index contributed by atoms with van der Waals surface area (Å²) in [5, 5.41) is 17.3. The van der Waals surface area contributed by atoms with Gasteiger partial charge in [0.15, 0.2) is 0 Å². The minimum Gasteiger partial charge on any atom is -0.392 e. The zero-order valence-corrected chi connectivity index (χ0v) is 13.0. The Labute approximate surface area is 122 Å². The van der Waals surface area contributed by atoms with E-state index in [4.69, 9.17) is 5.11 Å². The molecule has 0 aliphatic heterocycles. The Hall–Kier alpha value is -1.03. The minimum atomic E-state index is -3.73. The largest absolute Gasteiger partial charge is 0.392 e. The standard InChI is InChI=1S/C10H10BrN3O3S2/c1-6-12-13-10(18-6)14-19(16,17)9-3-2-7(5-15)4-8(9)11/h2-4,15H,5H2,1H3,(H,13,14). The molecule has 0 aliphatic rings. The highest BCUT2D eigenvalue weighted by molar-refractivity contribution is 9.10. The first-order valence-corrected chi connectivity index (χ1v) is 8.24. The zero-order chi connectivity index (χ0) is 14.0. The average Bonchev–Trinajstić information content (AvgIpc) is 2.73. The van der Waals surface area contributed by atoms with Gasteiger partial charge in [-0.15, -0.1) is 10.2 Å². The number of nitrogens with zero attached hydrogens (tertiary/aromatic N) is 2. The quantitative estimate of drug-likeness (QED) is 0.865. The first kappa shape index (κ1) is 14.4. The van der Waals surface area contributed by atoms with Crippen LogP contribution in [0.25, 0.3) is 0 Å². The molecular weight excluding hydrogens is 354 g/mol. The van der Waals surface area contributed by atoms with E-state index in [0.29, 0.717) is 15.0 Å². The lowest BCUT2D eigenvalue weighted by atomic mass is 10.2. The molecular formula is C10H10BrN3O3S2. The highest BCUT2D eigenvalue weighted by Gasteiger charge is 2.19. The van der Waals surface area contributed by atoms with E-state index in [1.165, 1.54) is 6.07 Å². The summed E-state index contributed by atoms with van der Waals surface area (Å²) in [4.78, 5) is 0.0811. The number of aliphatic hydroxyl groups excluding tert-OH is 1. The van der Waals surface area contributed by atoms with Crippen LogP contribution in [0.15, 0.2) is 27.6 Å². The summed E-state index contributed by atoms with van der Waals surface area (Å²) < 4.78 is 27.1. The van der Waals surface area contributed by atoms with Crippen LogP contribution in [0.4, 0.5) is 5.13 Å². The summed E-state index contributed by atoms with van der Waals surface area (Å²) in [5.41, 5.74) is 0.623. The number of aliphatic hydroxyl groups is 1. The lowest BCUT2D eigenvalue weighted by Gasteiger charge is -2.07. The maximum Gasteiger partial charge on any atom is 0.264 e. The van der Waals surface area contributed by atoms with E-state index in [2.05, 4.69) is 30.8 Å². The lowest BCUT2D eigenvalue weighted by molar-refractivity contribution is 0.281. The van der Waals surface area contributed by atoms with Gasteiger partial charge in [-0.05, 0) is 40.5 Å². The maximum absolute atomic E-state index is 12.2. The molecule has 19 heavy (non-hydrogen) atoms. The van der Waals surface area contributed by atoms with Crippen molar-refractivity contribution in [3.8, 4) is 0 Å². The predicted molar refractivity (Wildman–Crippen MR) is 75.5 cm³/mol. The molecule has 0 bridgehead atoms. The van der Waals surface area contributed by atoms with Crippen LogP contribution in [-0.2, 0) is 16.6 Å². The molecule has 0 amide bonds. The molecule has 0 saturated heterocycles. The van der Waals surface area contributed by atoms with Gasteiger partial charge in [0.05, 0.1) is 6.61 Å². The van der Waals surface area contributed by atoms with Gasteiger partial charge < -0.3 is 5.11 Å². The maximum atomic E-state index is 12.2. The van der Waals surface area contributed by atoms with Crippen LogP contribution in [0.2, 0.25) is 0 Å². The fourth-order valence-corrected chi connectivity index (χ4v) is 4.32. The van der Waals surface area contributed by atoms with Crippen LogP contribution in [0.5, 0.6) is 0 Å². The van der Waals surface area contributed by atoms with E-state index in [0.717, 1.165) is 11.3 Å². The summed E-state index contributed by atoms with van der Waals surface area (Å²) in [6.07, 6.45) is 0. The third-order valence-electron chi connectivity index (χ3n) is 2.22. The molecule has 0 atom stereocenters. The molecule has 0 unspecified atom stereocenters. The molecule has 9 heteroatoms. The summed E-state index contributed by atoms with van der Waals surface area (Å²) >= 11 is 4.33. The van der Waals surface area contributed by atoms with Crippen LogP contribution in [0.3, 0.4) is 0 Å². The van der Waals surface area contributed by atoms with Crippen LogP contribution >= 0.6 is 27.3 Å². The predicted octanol–water partition coefficient (Wildman–Crippen LogP) is 1.90. The molecule has 2 aromatic rings. The number of rotatable bonds is 4. The van der Waals surface area contributed by atoms with E-state index in [9.17, 15) is 8.42 Å². The van der Waals surface area contributed by atoms with Crippen LogP contribution in [0, 0.1) is 6.92 Å². The van der Waals surface area contributed by atoms with Gasteiger partial charge in [0.2, 0.25) is 5.13 Å². The van der Waals surface area contributed by atoms with Crippen molar-refractivity contribution in [3.05, 3.63) is 33.2 Å². The SMILES string of the molecule is Cc1nnc(NS(=O)(=O)c2ccc(CO)cc2Br)s1. The van der Waals surface area contributed by atoms with Gasteiger partial charge in [-0.25, -0.2) is 8.42 Å². The fraction of sp³-hybridized carbons (Fsp3) is 0.200. The van der Waals surface area contributed by atoms with E-state index >= 15 is 0 Å². The van der Waals surface area contributed by atoms with Crippen molar-refractivity contribution in [2.75, 3.05) is 4.72 Å². The number of nitrogens with one attached hydrogen (secondary N) is 1. The first-order chi connectivity index (χ1) is 8.92. The van der Waals surface area contributed by atoms with Crippen LogP contribution in [0.1, 0.15) is 10.6 Å². The summed E-state index contributed by atoms with van der Waals surface area (Å²) in [6.45, 7) is 1.59. The van der Waals surface area contributed by atoms with Crippen molar-refractivity contribution in [3.63, 3.8) is 0 Å². The highest BCUT2D eigenvalue weighted by atomic mass is 79.9. The molecule has 2 rings (SSSR count). The number of hydrogen-bond acceptors (Lipinski definition) is 6. The average molecular weight is 364 g/mol. The second kappa shape index (κ2) is 5.53. The summed E-state index contributed by atoms with van der Waals surface area (Å²) in [7, 11) is -3.73. The van der Waals surface area contributed by atoms with Crippen molar-refractivity contribution in [2.24, 2.45) is 0 Å². The Morgan fingerprint density at radius 3 is 2.68 bits per heavy atom. The highest BCUT2D eigenvalue weighted by Crippen LogP contribution is 2.26. The third-order valence-corrected chi connectivity index (χ3v) is 5.42. The molecule has 1 aromatic heterocycles. The van der Waals surface area contributed by atoms with Gasteiger partial charge in [-0.3, -0.25) is 4.72 Å². The number of aromatic nitrogens is 2. The van der Waals surface area contributed by atoms with Gasteiger partial charge in [-0.1, -0.05) is 17.4 Å². The van der Waals surface area contributed by atoms with Crippen molar-refractivity contribution < 1.29 is 13.5 Å². The fourth-order valence-electron chi connectivity index (χ4n) is 1.37. The molecule has 0 fully saturated rings. The Morgan fingerprint density at radius 2 is 2.16 bits per heavy atom. The van der Waals surface area contributed by atoms with Gasteiger partial charge in [0, 0.05) is 4.47 Å². The Bertz CT molecular complexity index is 700. The van der Waals surface area contributed by atoms with E-state index in [1.54, 1.807) is 19.1 Å². The monoisotopic (exact) mass is 363 g/mol. The van der Waals surface area contributed by atoms with Crippen molar-refractivity contribution in [2.45, 2.75) is 18.4 Å². The molecule has 2 N–H and O–H groups in total. The van der Waals surface area contributed by atoms with Gasteiger partial charge >= 0.3 is 0 Å². The van der Waals surface area contributed by atoms with Gasteiger partial charge in [-0.2, -0.15) is 0 Å². The third kappa shape index (κ3) is 3.30. The summed E-state index contributed by atoms with van der Waals surface area (Å²) in [5.74, 6) is 0. The van der Waals surface area contributed by atoms with Crippen LogP contribution < -0.4 is 4.72 Å². The van der Waals surface area contributed by atoms with E-state index in [-0.39, 0.29) is 16.6 Å². The van der Waals surface area contributed by atoms with Crippen molar-refractivity contribution in [1.29, 1.82) is 0 Å². The number of aryl methyl sites for hydroxylation is 1. The lowest BCUT2D eigenvalue weighted by Crippen LogP contribution is -2.13. The first-order valence-electron chi connectivity index (χ1n) is 5.14. The second-order valence-electron chi connectivity index (χ2n) is 3.65. The van der Waals surface area contributed by atoms with Crippen LogP contribution in [-0.4, -0.2) is 23.7 Å². The number of halogens is 1.